The van der Waals surface area contributed by atoms with E-state index in [0.29, 0.717) is 18.4 Å². The lowest BCUT2D eigenvalue weighted by molar-refractivity contribution is -0.146. The van der Waals surface area contributed by atoms with Gasteiger partial charge in [-0.15, -0.1) is 0 Å². The molecule has 2 aliphatic rings. The number of carboxylic acids is 1. The average Bonchev–Trinajstić information content (AvgIpc) is 3.74. The maximum absolute atomic E-state index is 14.3. The first-order valence-corrected chi connectivity index (χ1v) is 18.3. The summed E-state index contributed by atoms with van der Waals surface area (Å²) >= 11 is 0. The molecule has 286 valence electrons. The third-order valence-electron chi connectivity index (χ3n) is 10.0. The fourth-order valence-corrected chi connectivity index (χ4v) is 7.22. The summed E-state index contributed by atoms with van der Waals surface area (Å²) in [5.41, 5.74) is 0.691. The van der Waals surface area contributed by atoms with Gasteiger partial charge >= 0.3 is 5.97 Å². The molecule has 2 aromatic rings. The van der Waals surface area contributed by atoms with Gasteiger partial charge in [0.1, 0.15) is 29.9 Å². The summed E-state index contributed by atoms with van der Waals surface area (Å²) in [6.45, 7) is 9.13. The lowest BCUT2D eigenvalue weighted by Gasteiger charge is -2.34. The van der Waals surface area contributed by atoms with Gasteiger partial charge in [-0.2, -0.15) is 0 Å². The molecule has 0 spiro atoms. The van der Waals surface area contributed by atoms with Crippen LogP contribution in [0.4, 0.5) is 0 Å². The summed E-state index contributed by atoms with van der Waals surface area (Å²) in [6.07, 6.45) is 6.93. The Morgan fingerprint density at radius 3 is 2.17 bits per heavy atom. The van der Waals surface area contributed by atoms with Crippen molar-refractivity contribution in [3.05, 3.63) is 60.2 Å². The Morgan fingerprint density at radius 1 is 0.868 bits per heavy atom. The van der Waals surface area contributed by atoms with Gasteiger partial charge in [-0.1, -0.05) is 77.8 Å². The number of carbonyl (C=O) groups is 7. The van der Waals surface area contributed by atoms with Crippen LogP contribution in [-0.4, -0.2) is 98.0 Å². The first kappa shape index (κ1) is 40.6. The van der Waals surface area contributed by atoms with Crippen molar-refractivity contribution >= 4 is 41.3 Å². The Balaban J connectivity index is 1.50. The van der Waals surface area contributed by atoms with E-state index in [0.717, 1.165) is 12.8 Å². The van der Waals surface area contributed by atoms with Crippen molar-refractivity contribution in [3.63, 3.8) is 0 Å². The molecule has 1 unspecified atom stereocenters. The van der Waals surface area contributed by atoms with Crippen LogP contribution >= 0.6 is 0 Å². The molecule has 4 rings (SSSR count). The number of rotatable bonds is 17. The molecule has 53 heavy (non-hydrogen) atoms. The number of hydrogen-bond donors (Lipinski definition) is 5. The summed E-state index contributed by atoms with van der Waals surface area (Å²) in [7, 11) is 0. The summed E-state index contributed by atoms with van der Waals surface area (Å²) in [4.78, 5) is 103. The number of hydrogen-bond acceptors (Lipinski definition) is 9. The highest BCUT2D eigenvalue weighted by atomic mass is 16.4. The molecule has 2 fully saturated rings. The van der Waals surface area contributed by atoms with E-state index < -0.39 is 77.4 Å². The number of carbonyl (C=O) groups excluding carboxylic acids is 6. The number of ketones is 1. The van der Waals surface area contributed by atoms with Gasteiger partial charge in [0.15, 0.2) is 0 Å². The molecule has 7 atom stereocenters. The molecule has 0 radical (unpaired) electrons. The van der Waals surface area contributed by atoms with Gasteiger partial charge in [-0.3, -0.25) is 33.8 Å². The van der Waals surface area contributed by atoms with Gasteiger partial charge in [0.2, 0.25) is 23.5 Å². The van der Waals surface area contributed by atoms with Gasteiger partial charge in [-0.25, -0.2) is 9.78 Å². The van der Waals surface area contributed by atoms with Gasteiger partial charge in [0.25, 0.3) is 11.8 Å². The normalized spacial score (nSPS) is 20.1. The van der Waals surface area contributed by atoms with E-state index in [2.05, 4.69) is 31.2 Å². The van der Waals surface area contributed by atoms with E-state index in [1.54, 1.807) is 65.0 Å². The fourth-order valence-electron chi connectivity index (χ4n) is 7.22. The van der Waals surface area contributed by atoms with E-state index >= 15 is 0 Å². The number of carboxylic acid groups (broad SMARTS) is 1. The number of likely N-dealkylation sites (tertiary alicyclic amines) is 1. The topological polar surface area (TPSA) is 217 Å². The molecule has 0 bridgehead atoms. The molecule has 2 heterocycles. The Morgan fingerprint density at radius 2 is 1.57 bits per heavy atom. The second-order valence-electron chi connectivity index (χ2n) is 14.6. The van der Waals surface area contributed by atoms with E-state index in [-0.39, 0.29) is 42.8 Å². The smallest absolute Gasteiger partial charge is 0.326 e. The zero-order chi connectivity index (χ0) is 38.8. The van der Waals surface area contributed by atoms with E-state index in [4.69, 9.17) is 0 Å². The van der Waals surface area contributed by atoms with Crippen LogP contribution in [0.25, 0.3) is 0 Å². The fraction of sp³-hybridized carbons (Fsp3) is 0.553. The van der Waals surface area contributed by atoms with Crippen LogP contribution in [0.2, 0.25) is 0 Å². The number of fused-ring (bicyclic) bond motifs is 1. The van der Waals surface area contributed by atoms with Crippen LogP contribution in [0.3, 0.4) is 0 Å². The molecule has 1 saturated heterocycles. The molecule has 1 aliphatic heterocycles. The van der Waals surface area contributed by atoms with Crippen LogP contribution in [0, 0.1) is 23.7 Å². The summed E-state index contributed by atoms with van der Waals surface area (Å²) in [5, 5.41) is 20.3. The van der Waals surface area contributed by atoms with Crippen molar-refractivity contribution in [2.24, 2.45) is 23.7 Å². The third kappa shape index (κ3) is 10.2. The predicted octanol–water partition coefficient (Wildman–Crippen LogP) is 1.67. The highest BCUT2D eigenvalue weighted by molar-refractivity contribution is 6.38. The Hall–Kier alpha value is -5.21. The largest absolute Gasteiger partial charge is 0.480 e. The first-order valence-electron chi connectivity index (χ1n) is 18.3. The van der Waals surface area contributed by atoms with Crippen molar-refractivity contribution in [1.82, 2.24) is 36.1 Å². The van der Waals surface area contributed by atoms with Crippen molar-refractivity contribution in [1.29, 1.82) is 0 Å². The number of nitrogens with zero attached hydrogens (tertiary/aromatic N) is 3. The number of aliphatic carboxylic acids is 1. The monoisotopic (exact) mass is 733 g/mol. The molecule has 5 amide bonds. The average molecular weight is 734 g/mol. The van der Waals surface area contributed by atoms with Crippen molar-refractivity contribution < 1.29 is 38.7 Å². The summed E-state index contributed by atoms with van der Waals surface area (Å²) in [6, 6.07) is 3.07. The predicted molar refractivity (Wildman–Crippen MR) is 193 cm³/mol. The third-order valence-corrected chi connectivity index (χ3v) is 10.0. The molecule has 1 aromatic heterocycles. The quantitative estimate of drug-likeness (QED) is 0.148. The summed E-state index contributed by atoms with van der Waals surface area (Å²) in [5.74, 6) is -6.53. The maximum atomic E-state index is 14.3. The maximum Gasteiger partial charge on any atom is 0.326 e. The van der Waals surface area contributed by atoms with Gasteiger partial charge in [0.05, 0.1) is 12.2 Å². The van der Waals surface area contributed by atoms with Crippen LogP contribution in [0.5, 0.6) is 0 Å². The molecule has 1 aromatic carbocycles. The summed E-state index contributed by atoms with van der Waals surface area (Å²) < 4.78 is 0. The first-order chi connectivity index (χ1) is 25.2. The molecule has 5 N–H and O–H groups in total. The minimum Gasteiger partial charge on any atom is -0.480 e. The van der Waals surface area contributed by atoms with Crippen molar-refractivity contribution in [3.8, 4) is 0 Å². The molecular formula is C38H51N7O8. The van der Waals surface area contributed by atoms with Crippen LogP contribution in [-0.2, 0) is 35.2 Å². The van der Waals surface area contributed by atoms with Gasteiger partial charge < -0.3 is 31.3 Å². The minimum atomic E-state index is -1.37. The van der Waals surface area contributed by atoms with Crippen LogP contribution in [0.15, 0.2) is 48.9 Å². The van der Waals surface area contributed by atoms with Gasteiger partial charge in [0, 0.05) is 25.4 Å². The Bertz CT molecular complexity index is 1640. The number of amides is 5. The Labute approximate surface area is 309 Å². The molecule has 15 nitrogen and oxygen atoms in total. The molecule has 15 heteroatoms. The van der Waals surface area contributed by atoms with Crippen molar-refractivity contribution in [2.75, 3.05) is 6.54 Å². The molecular weight excluding hydrogens is 682 g/mol. The zero-order valence-corrected chi connectivity index (χ0v) is 30.9. The van der Waals surface area contributed by atoms with Crippen molar-refractivity contribution in [2.45, 2.75) is 103 Å². The highest BCUT2D eigenvalue weighted by Gasteiger charge is 2.51. The number of nitrogens with one attached hydrogen (secondary N) is 4. The van der Waals surface area contributed by atoms with Gasteiger partial charge in [-0.05, 0) is 48.5 Å². The van der Waals surface area contributed by atoms with E-state index in [1.165, 1.54) is 23.5 Å². The lowest BCUT2D eigenvalue weighted by atomic mass is 9.92. The zero-order valence-electron chi connectivity index (χ0n) is 30.9. The number of aromatic nitrogens is 2. The molecule has 1 aliphatic carbocycles. The van der Waals surface area contributed by atoms with E-state index in [1.807, 2.05) is 0 Å². The van der Waals surface area contributed by atoms with E-state index in [9.17, 15) is 38.7 Å². The minimum absolute atomic E-state index is 0.0332. The second-order valence-corrected chi connectivity index (χ2v) is 14.6. The highest BCUT2D eigenvalue weighted by Crippen LogP contribution is 2.42. The second kappa shape index (κ2) is 18.5. The standard InChI is InChI=1S/C38H51N7O8/c1-6-11-26(32(46)36(50)42-27(38(52)53)18-23-12-8-7-9-13-23)41-35(49)31-25-15-10-14-24(25)20-45(31)37(51)30(22(4)5)44-34(48)29(21(2)3)43-33(47)28-19-39-16-17-40-28/h7-9,12-13,16-17,19,21-22,24-27,29-31H,6,10-11,14-15,18,20H2,1-5H3,(H,41,49)(H,42,50)(H,43,47)(H,44,48)(H,52,53)/t24-,25-,26?,27-,29-,30-,31-/m0/s1. The molecule has 1 saturated carbocycles. The SMILES string of the molecule is CCCC(NC(=O)[C@@H]1[C@H]2CCC[C@H]2CN1C(=O)[C@@H](NC(=O)[C@@H](NC(=O)c1cnccn1)C(C)C)C(C)C)C(=O)C(=O)N[C@@H](Cc1ccccc1)C(=O)O. The number of benzene rings is 1. The number of Topliss-reactive ketones (excluding diaryl/α,β-unsaturated/α-hetero) is 1. The van der Waals surface area contributed by atoms with Crippen LogP contribution < -0.4 is 21.3 Å². The Kier molecular flexibility index (Phi) is 14.2. The van der Waals surface area contributed by atoms with Crippen LogP contribution in [0.1, 0.15) is 82.8 Å². The lowest BCUT2D eigenvalue weighted by Crippen LogP contribution is -2.60.